The highest BCUT2D eigenvalue weighted by molar-refractivity contribution is 6.26. The molecule has 0 saturated heterocycles. The quantitative estimate of drug-likeness (QED) is 0.133. The van der Waals surface area contributed by atoms with Gasteiger partial charge < -0.3 is 0 Å². The van der Waals surface area contributed by atoms with Crippen molar-refractivity contribution in [3.8, 4) is 78.9 Å². The van der Waals surface area contributed by atoms with Gasteiger partial charge in [0, 0.05) is 27.2 Å². The second-order valence-electron chi connectivity index (χ2n) is 33.0. The topological polar surface area (TPSA) is 110 Å². The van der Waals surface area contributed by atoms with E-state index in [2.05, 4.69) is 444 Å². The molecule has 0 bridgehead atoms. The van der Waals surface area contributed by atoms with Gasteiger partial charge in [0.2, 0.25) is 23.3 Å². The number of para-hydroxylation sites is 9. The Hall–Kier alpha value is -17.7. The summed E-state index contributed by atoms with van der Waals surface area (Å²) in [4.78, 5) is 31.4. The molecule has 0 saturated carbocycles. The van der Waals surface area contributed by atoms with E-state index in [4.69, 9.17) is 29.9 Å². The first-order valence-corrected chi connectivity index (χ1v) is 43.6. The summed E-state index contributed by atoms with van der Waals surface area (Å²) in [5.41, 5.74) is 29.5. The van der Waals surface area contributed by atoms with Crippen LogP contribution in [0.15, 0.2) is 443 Å². The fourth-order valence-electron chi connectivity index (χ4n) is 19.7. The zero-order valence-corrected chi connectivity index (χ0v) is 69.5. The summed E-state index contributed by atoms with van der Waals surface area (Å²) >= 11 is 0. The summed E-state index contributed by atoms with van der Waals surface area (Å²) in [7, 11) is 0. The lowest BCUT2D eigenvalue weighted by atomic mass is 9.97. The minimum absolute atomic E-state index is 0. The highest BCUT2D eigenvalue weighted by atomic mass is 15.3. The molecule has 9 heterocycles. The maximum Gasteiger partial charge on any atom is 0.223 e. The van der Waals surface area contributed by atoms with Gasteiger partial charge in [0.1, 0.15) is 11.6 Å². The second kappa shape index (κ2) is 32.0. The normalized spacial score (nSPS) is 11.6. The van der Waals surface area contributed by atoms with Crippen molar-refractivity contribution >= 4 is 159 Å². The number of hydrogen-bond acceptors (Lipinski definition) is 6. The number of fused-ring (bicyclic) bond motifs is 28. The monoisotopic (exact) mass is 1700 g/mol. The molecule has 13 nitrogen and oxygen atoms in total. The highest BCUT2D eigenvalue weighted by Crippen LogP contribution is 2.43. The van der Waals surface area contributed by atoms with Crippen molar-refractivity contribution in [2.24, 2.45) is 0 Å². The summed E-state index contributed by atoms with van der Waals surface area (Å²) in [6, 6.07) is 156. The lowest BCUT2D eigenvalue weighted by molar-refractivity contribution is 0.938. The number of benzene rings is 19. The van der Waals surface area contributed by atoms with E-state index in [1.807, 2.05) is 30.3 Å². The van der Waals surface area contributed by atoms with Crippen molar-refractivity contribution in [2.75, 3.05) is 0 Å². The van der Waals surface area contributed by atoms with Gasteiger partial charge in [-0.15, -0.1) is 0 Å². The molecule has 13 heteroatoms. The van der Waals surface area contributed by atoms with Crippen molar-refractivity contribution < 1.29 is 0 Å². The number of nitrogens with zero attached hydrogens (tertiary/aromatic N) is 13. The smallest absolute Gasteiger partial charge is 0.223 e. The van der Waals surface area contributed by atoms with Crippen LogP contribution in [0.25, 0.3) is 238 Å². The highest BCUT2D eigenvalue weighted by Gasteiger charge is 2.27. The third kappa shape index (κ3) is 12.7. The molecule has 0 spiro atoms. The van der Waals surface area contributed by atoms with Crippen LogP contribution in [0.5, 0.6) is 0 Å². The Morgan fingerprint density at radius 1 is 0.152 bits per heavy atom. The molecule has 9 aromatic heterocycles. The lowest BCUT2D eigenvalue weighted by Gasteiger charge is -2.12. The molecule has 19 aromatic carbocycles. The first kappa shape index (κ1) is 79.0. The van der Waals surface area contributed by atoms with Gasteiger partial charge in [-0.25, -0.2) is 34.5 Å². The molecule has 0 aliphatic heterocycles. The summed E-state index contributed by atoms with van der Waals surface area (Å²) in [6.07, 6.45) is 0. The molecule has 626 valence electrons. The molecule has 0 radical (unpaired) electrons. The summed E-state index contributed by atoms with van der Waals surface area (Å²) < 4.78 is 15.6. The SMILES string of the molecule is C.C.C.c1ccc(-c2ccc(-c3ccc4c(c3)n3c5ccccc5nc3n4-c3ccc4c5ccccc5c5ccccc5c4n3)cc2)cc1.c1ccc(-c2ccc(-c3ccc4c(c3)n3c5ccccc5nc3n4-c3nc4ccccc4n3-c3ccccc3)cc2)cc1.c1ccc(-c2ccc3c(c2)n2c4ccccc4nc2n3-c2ccc3c4ccccc4c4ccccc4c3n2)cc1. The zero-order valence-electron chi connectivity index (χ0n) is 69.5. The van der Waals surface area contributed by atoms with Gasteiger partial charge in [0.05, 0.1) is 88.3 Å². The van der Waals surface area contributed by atoms with Crippen LogP contribution in [0.1, 0.15) is 22.3 Å². The summed E-state index contributed by atoms with van der Waals surface area (Å²) in [5.74, 6) is 5.06. The molecule has 0 atom stereocenters. The minimum atomic E-state index is 0. The van der Waals surface area contributed by atoms with Crippen LogP contribution in [-0.4, -0.2) is 61.4 Å². The largest absolute Gasteiger partial charge is 0.278 e. The Morgan fingerprint density at radius 2 is 0.402 bits per heavy atom. The van der Waals surface area contributed by atoms with E-state index in [9.17, 15) is 0 Å². The minimum Gasteiger partial charge on any atom is -0.278 e. The molecular weight excluding hydrogens is 1610 g/mol. The van der Waals surface area contributed by atoms with Crippen molar-refractivity contribution in [1.29, 1.82) is 0 Å². The van der Waals surface area contributed by atoms with Gasteiger partial charge in [-0.1, -0.05) is 344 Å². The molecule has 0 unspecified atom stereocenters. The van der Waals surface area contributed by atoms with Crippen LogP contribution in [0, 0.1) is 0 Å². The molecule has 0 aliphatic carbocycles. The predicted molar refractivity (Wildman–Crippen MR) is 551 cm³/mol. The Balaban J connectivity index is 0.000000111. The number of rotatable bonds is 9. The Labute approximate surface area is 759 Å². The van der Waals surface area contributed by atoms with E-state index in [1.165, 1.54) is 76.8 Å². The predicted octanol–water partition coefficient (Wildman–Crippen LogP) is 30.6. The van der Waals surface area contributed by atoms with Crippen molar-refractivity contribution in [1.82, 2.24) is 61.4 Å². The van der Waals surface area contributed by atoms with E-state index in [-0.39, 0.29) is 22.3 Å². The number of hydrogen-bond donors (Lipinski definition) is 0. The van der Waals surface area contributed by atoms with Crippen LogP contribution < -0.4 is 0 Å². The molecule has 0 fully saturated rings. The average molecular weight is 1700 g/mol. The molecule has 28 rings (SSSR count). The molecule has 0 amide bonds. The van der Waals surface area contributed by atoms with Crippen LogP contribution >= 0.6 is 0 Å². The van der Waals surface area contributed by atoms with Gasteiger partial charge in [0.15, 0.2) is 0 Å². The van der Waals surface area contributed by atoms with Gasteiger partial charge in [-0.05, 0) is 209 Å². The molecule has 0 aliphatic rings. The third-order valence-electron chi connectivity index (χ3n) is 25.7. The molecule has 28 aromatic rings. The first-order chi connectivity index (χ1) is 64.0. The zero-order chi connectivity index (χ0) is 84.7. The third-order valence-corrected chi connectivity index (χ3v) is 25.7. The number of imidazole rings is 7. The number of pyridine rings is 2. The van der Waals surface area contributed by atoms with Crippen LogP contribution in [-0.2, 0) is 0 Å². The summed E-state index contributed by atoms with van der Waals surface area (Å²) in [5, 5.41) is 12.0. The average Bonchev–Trinajstić information content (AvgIpc) is 1.57. The van der Waals surface area contributed by atoms with Crippen molar-refractivity contribution in [3.05, 3.63) is 443 Å². The fourth-order valence-corrected chi connectivity index (χ4v) is 19.7. The standard InChI is InChI=1S/C42H26N4.C38H25N5.C36H22N4.3CH4/c1-2-10-27(11-3-1)28-18-20-29(21-19-28)30-22-24-38-39(26-30)45-37-17-9-8-16-36(37)43-42(45)46(38)40-25-23-35-33-14-5-4-12-31(33)32-13-6-7-15-34(32)41(35)44-40;1-3-11-26(12-4-1)27-19-21-28(22-20-27)29-23-24-35-36(25-29)42-34-18-10-8-16-32(34)40-38(42)43(35)37-39-31-15-7-9-17-33(31)41(37)30-13-5-2-6-14-30;1-2-10-23(11-3-1)24-18-20-32-33(22-24)39-31-17-9-8-16-30(31)37-36(39)40(32)34-21-19-29-27-14-5-4-12-25(27)26-13-6-7-15-28(26)35(29)38-34;;;/h1-26H;1-25H;1-22H;3*1H4. The van der Waals surface area contributed by atoms with Gasteiger partial charge >= 0.3 is 0 Å². The first-order valence-electron chi connectivity index (χ1n) is 43.6. The fraction of sp³-hybridized carbons (Fsp3) is 0.0252. The maximum absolute atomic E-state index is 5.40. The summed E-state index contributed by atoms with van der Waals surface area (Å²) in [6.45, 7) is 0. The molecule has 132 heavy (non-hydrogen) atoms. The van der Waals surface area contributed by atoms with Gasteiger partial charge in [-0.2, -0.15) is 0 Å². The van der Waals surface area contributed by atoms with Crippen molar-refractivity contribution in [2.45, 2.75) is 22.3 Å². The van der Waals surface area contributed by atoms with E-state index in [1.54, 1.807) is 0 Å². The Kier molecular flexibility index (Phi) is 19.2. The van der Waals surface area contributed by atoms with E-state index in [0.717, 1.165) is 162 Å². The van der Waals surface area contributed by atoms with Crippen molar-refractivity contribution in [3.63, 3.8) is 0 Å². The van der Waals surface area contributed by atoms with E-state index in [0.29, 0.717) is 0 Å². The second-order valence-corrected chi connectivity index (χ2v) is 33.0. The Bertz CT molecular complexity index is 9290. The molecular formula is C119H85N13. The van der Waals surface area contributed by atoms with Gasteiger partial charge in [0.25, 0.3) is 0 Å². The molecule has 0 N–H and O–H groups in total. The number of aromatic nitrogens is 13. The lowest BCUT2D eigenvalue weighted by Crippen LogP contribution is -2.06. The van der Waals surface area contributed by atoms with Gasteiger partial charge in [-0.3, -0.25) is 26.9 Å². The van der Waals surface area contributed by atoms with E-state index >= 15 is 0 Å². The van der Waals surface area contributed by atoms with E-state index < -0.39 is 0 Å². The maximum atomic E-state index is 5.40. The Morgan fingerprint density at radius 3 is 0.765 bits per heavy atom. The van der Waals surface area contributed by atoms with Crippen LogP contribution in [0.4, 0.5) is 0 Å². The van der Waals surface area contributed by atoms with Crippen LogP contribution in [0.3, 0.4) is 0 Å². The van der Waals surface area contributed by atoms with Crippen LogP contribution in [0.2, 0.25) is 0 Å².